The number of nitrogens with zero attached hydrogens (tertiary/aromatic N) is 2. The number of rotatable bonds is 6. The molecule has 3 atom stereocenters. The Labute approximate surface area is 210 Å². The highest BCUT2D eigenvalue weighted by atomic mass is 32.1. The zero-order valence-electron chi connectivity index (χ0n) is 20.7. The van der Waals surface area contributed by atoms with Gasteiger partial charge in [0, 0.05) is 42.6 Å². The Bertz CT molecular complexity index is 1210. The SMILES string of the molecule is COc1ccc([C@@H]2CN(C(=O)c3csc(C)n3)C[C@@]2(C)[C@@H](C)O)cc1OC1Cc2ccccc2C1. The fourth-order valence-electron chi connectivity index (χ4n) is 5.49. The molecule has 0 unspecified atom stereocenters. The first-order chi connectivity index (χ1) is 16.8. The molecule has 1 aromatic heterocycles. The van der Waals surface area contributed by atoms with Gasteiger partial charge < -0.3 is 19.5 Å². The third-order valence-corrected chi connectivity index (χ3v) is 8.48. The zero-order chi connectivity index (χ0) is 24.7. The van der Waals surface area contributed by atoms with Gasteiger partial charge in [-0.25, -0.2) is 4.98 Å². The number of ether oxygens (including phenoxy) is 2. The third-order valence-electron chi connectivity index (χ3n) is 7.71. The van der Waals surface area contributed by atoms with Gasteiger partial charge in [0.2, 0.25) is 0 Å². The highest BCUT2D eigenvalue weighted by molar-refractivity contribution is 7.09. The lowest BCUT2D eigenvalue weighted by Crippen LogP contribution is -2.38. The molecule has 1 N–H and O–H groups in total. The number of carbonyl (C=O) groups excluding carboxylic acids is 1. The van der Waals surface area contributed by atoms with E-state index in [1.165, 1.54) is 22.5 Å². The van der Waals surface area contributed by atoms with E-state index in [1.54, 1.807) is 7.11 Å². The number of amides is 1. The van der Waals surface area contributed by atoms with Crippen molar-refractivity contribution in [3.8, 4) is 11.5 Å². The Morgan fingerprint density at radius 3 is 2.51 bits per heavy atom. The van der Waals surface area contributed by atoms with Gasteiger partial charge in [-0.3, -0.25) is 4.79 Å². The Morgan fingerprint density at radius 2 is 1.91 bits per heavy atom. The first-order valence-electron chi connectivity index (χ1n) is 12.1. The Hall–Kier alpha value is -2.90. The van der Waals surface area contributed by atoms with Gasteiger partial charge in [-0.1, -0.05) is 37.3 Å². The van der Waals surface area contributed by atoms with Gasteiger partial charge in [0.25, 0.3) is 5.91 Å². The first-order valence-corrected chi connectivity index (χ1v) is 13.0. The second kappa shape index (κ2) is 9.28. The van der Waals surface area contributed by atoms with Crippen LogP contribution < -0.4 is 9.47 Å². The van der Waals surface area contributed by atoms with Crippen LogP contribution in [-0.2, 0) is 12.8 Å². The topological polar surface area (TPSA) is 71.9 Å². The second-order valence-electron chi connectivity index (χ2n) is 10.00. The van der Waals surface area contributed by atoms with E-state index in [2.05, 4.69) is 36.2 Å². The Morgan fingerprint density at radius 1 is 1.20 bits per heavy atom. The van der Waals surface area contributed by atoms with Crippen molar-refractivity contribution in [1.82, 2.24) is 9.88 Å². The maximum atomic E-state index is 13.2. The molecule has 5 rings (SSSR count). The van der Waals surface area contributed by atoms with Crippen LogP contribution in [0.4, 0.5) is 0 Å². The van der Waals surface area contributed by atoms with Crippen LogP contribution >= 0.6 is 11.3 Å². The van der Waals surface area contributed by atoms with E-state index >= 15 is 0 Å². The van der Waals surface area contributed by atoms with E-state index in [9.17, 15) is 9.90 Å². The summed E-state index contributed by atoms with van der Waals surface area (Å²) in [5, 5.41) is 13.5. The summed E-state index contributed by atoms with van der Waals surface area (Å²) in [5.74, 6) is 1.25. The summed E-state index contributed by atoms with van der Waals surface area (Å²) in [4.78, 5) is 19.4. The monoisotopic (exact) mass is 492 g/mol. The molecule has 2 aliphatic rings. The van der Waals surface area contributed by atoms with E-state index in [0.717, 1.165) is 23.4 Å². The lowest BCUT2D eigenvalue weighted by atomic mass is 9.72. The van der Waals surface area contributed by atoms with E-state index in [1.807, 2.05) is 42.3 Å². The lowest BCUT2D eigenvalue weighted by molar-refractivity contribution is 0.0452. The van der Waals surface area contributed by atoms with Crippen LogP contribution in [0.5, 0.6) is 11.5 Å². The van der Waals surface area contributed by atoms with E-state index < -0.39 is 11.5 Å². The van der Waals surface area contributed by atoms with Crippen LogP contribution in [0.2, 0.25) is 0 Å². The molecule has 1 saturated heterocycles. The number of carbonyl (C=O) groups is 1. The summed E-state index contributed by atoms with van der Waals surface area (Å²) >= 11 is 1.47. The number of methoxy groups -OCH3 is 1. The van der Waals surface area contributed by atoms with Crippen molar-refractivity contribution in [1.29, 1.82) is 0 Å². The minimum Gasteiger partial charge on any atom is -0.493 e. The Kier molecular flexibility index (Phi) is 6.32. The molecule has 0 bridgehead atoms. The number of thiazole rings is 1. The molecule has 1 amide bonds. The molecule has 0 saturated carbocycles. The Balaban J connectivity index is 1.42. The quantitative estimate of drug-likeness (QED) is 0.543. The molecule has 1 aliphatic carbocycles. The molecule has 0 spiro atoms. The van der Waals surface area contributed by atoms with Gasteiger partial charge in [0.15, 0.2) is 11.5 Å². The summed E-state index contributed by atoms with van der Waals surface area (Å²) in [7, 11) is 1.65. The molecule has 184 valence electrons. The highest BCUT2D eigenvalue weighted by Gasteiger charge is 2.49. The number of aryl methyl sites for hydroxylation is 1. The zero-order valence-corrected chi connectivity index (χ0v) is 21.5. The number of hydrogen-bond acceptors (Lipinski definition) is 6. The number of benzene rings is 2. The average molecular weight is 493 g/mol. The van der Waals surface area contributed by atoms with Gasteiger partial charge in [-0.15, -0.1) is 11.3 Å². The summed E-state index contributed by atoms with van der Waals surface area (Å²) in [6.45, 7) is 6.74. The van der Waals surface area contributed by atoms with Crippen LogP contribution in [0, 0.1) is 12.3 Å². The summed E-state index contributed by atoms with van der Waals surface area (Å²) in [6.07, 6.45) is 1.19. The molecule has 3 aromatic rings. The fraction of sp³-hybridized carbons (Fsp3) is 0.429. The normalized spacial score (nSPS) is 22.8. The van der Waals surface area contributed by atoms with Crippen LogP contribution in [0.3, 0.4) is 0 Å². The van der Waals surface area contributed by atoms with Gasteiger partial charge in [0.05, 0.1) is 18.2 Å². The third kappa shape index (κ3) is 4.43. The van der Waals surface area contributed by atoms with Crippen molar-refractivity contribution < 1.29 is 19.4 Å². The molecular formula is C28H32N2O4S. The van der Waals surface area contributed by atoms with Crippen LogP contribution in [-0.4, -0.2) is 53.3 Å². The van der Waals surface area contributed by atoms with E-state index in [0.29, 0.717) is 30.3 Å². The van der Waals surface area contributed by atoms with Gasteiger partial charge in [0.1, 0.15) is 11.8 Å². The standard InChI is InChI=1S/C28H32N2O4S/c1-17(31)28(3)16-30(27(32)24-15-35-18(2)29-24)14-23(28)21-9-10-25(33-4)26(13-21)34-22-11-19-7-5-6-8-20(19)12-22/h5-10,13,15,17,22-23,31H,11-12,14,16H2,1-4H3/t17-,23+,28+/m1/s1. The summed E-state index contributed by atoms with van der Waals surface area (Å²) < 4.78 is 12.1. The first kappa shape index (κ1) is 23.8. The van der Waals surface area contributed by atoms with E-state index in [-0.39, 0.29) is 17.9 Å². The van der Waals surface area contributed by atoms with Crippen molar-refractivity contribution in [3.63, 3.8) is 0 Å². The molecule has 2 aromatic carbocycles. The minimum absolute atomic E-state index is 0.0502. The maximum Gasteiger partial charge on any atom is 0.273 e. The summed E-state index contributed by atoms with van der Waals surface area (Å²) in [5.41, 5.74) is 3.66. The maximum absolute atomic E-state index is 13.2. The second-order valence-corrected chi connectivity index (χ2v) is 11.1. The molecular weight excluding hydrogens is 460 g/mol. The fourth-order valence-corrected chi connectivity index (χ4v) is 6.07. The molecule has 1 aliphatic heterocycles. The van der Waals surface area contributed by atoms with Crippen molar-refractivity contribution in [2.24, 2.45) is 5.41 Å². The lowest BCUT2D eigenvalue weighted by Gasteiger charge is -2.34. The van der Waals surface area contributed by atoms with Crippen LogP contribution in [0.1, 0.15) is 52.0 Å². The number of aromatic nitrogens is 1. The van der Waals surface area contributed by atoms with Gasteiger partial charge in [-0.2, -0.15) is 0 Å². The smallest absolute Gasteiger partial charge is 0.273 e. The molecule has 1 fully saturated rings. The number of aliphatic hydroxyl groups excluding tert-OH is 1. The predicted molar refractivity (Wildman–Crippen MR) is 137 cm³/mol. The largest absolute Gasteiger partial charge is 0.493 e. The van der Waals surface area contributed by atoms with E-state index in [4.69, 9.17) is 9.47 Å². The van der Waals surface area contributed by atoms with Gasteiger partial charge >= 0.3 is 0 Å². The minimum atomic E-state index is -0.599. The van der Waals surface area contributed by atoms with Crippen molar-refractivity contribution in [2.75, 3.05) is 20.2 Å². The molecule has 2 heterocycles. The molecule has 0 radical (unpaired) electrons. The van der Waals surface area contributed by atoms with Gasteiger partial charge in [-0.05, 0) is 42.7 Å². The van der Waals surface area contributed by atoms with Crippen molar-refractivity contribution in [2.45, 2.75) is 51.7 Å². The molecule has 7 heteroatoms. The molecule has 6 nitrogen and oxygen atoms in total. The highest BCUT2D eigenvalue weighted by Crippen LogP contribution is 2.47. The number of hydrogen-bond donors (Lipinski definition) is 1. The number of aliphatic hydroxyl groups is 1. The van der Waals surface area contributed by atoms with Crippen LogP contribution in [0.15, 0.2) is 47.8 Å². The number of fused-ring (bicyclic) bond motifs is 1. The van der Waals surface area contributed by atoms with Crippen molar-refractivity contribution >= 4 is 17.2 Å². The summed E-state index contributed by atoms with van der Waals surface area (Å²) in [6, 6.07) is 14.5. The molecule has 35 heavy (non-hydrogen) atoms. The predicted octanol–water partition coefficient (Wildman–Crippen LogP) is 4.63. The number of likely N-dealkylation sites (tertiary alicyclic amines) is 1. The average Bonchev–Trinajstić information content (AvgIpc) is 3.55. The van der Waals surface area contributed by atoms with Crippen LogP contribution in [0.25, 0.3) is 0 Å². The van der Waals surface area contributed by atoms with Crippen molar-refractivity contribution in [3.05, 3.63) is 75.2 Å².